The summed E-state index contributed by atoms with van der Waals surface area (Å²) in [7, 11) is 0. The van der Waals surface area contributed by atoms with Gasteiger partial charge in [-0.25, -0.2) is 9.97 Å². The average molecular weight is 209 g/mol. The van der Waals surface area contributed by atoms with Gasteiger partial charge < -0.3 is 11.5 Å². The standard InChI is InChI=1S/C9H9ClN4/c10-5-1-2-7-6(3-5)8(4-11)14-9(12)13-7/h1-3H,4,11H2,(H2,12,13,14). The predicted molar refractivity (Wildman–Crippen MR) is 56.9 cm³/mol. The molecule has 0 fully saturated rings. The lowest BCUT2D eigenvalue weighted by Crippen LogP contribution is -2.05. The normalized spacial score (nSPS) is 10.7. The number of nitrogens with zero attached hydrogens (tertiary/aromatic N) is 2. The molecule has 0 saturated carbocycles. The first kappa shape index (κ1) is 9.18. The minimum absolute atomic E-state index is 0.236. The van der Waals surface area contributed by atoms with Crippen molar-refractivity contribution in [2.75, 3.05) is 5.73 Å². The second kappa shape index (κ2) is 3.40. The van der Waals surface area contributed by atoms with Gasteiger partial charge in [-0.1, -0.05) is 11.6 Å². The summed E-state index contributed by atoms with van der Waals surface area (Å²) in [5.74, 6) is 0.236. The molecule has 1 aromatic carbocycles. The number of benzene rings is 1. The Labute approximate surface area is 85.9 Å². The monoisotopic (exact) mass is 208 g/mol. The molecule has 0 aliphatic carbocycles. The van der Waals surface area contributed by atoms with Crippen LogP contribution >= 0.6 is 11.6 Å². The van der Waals surface area contributed by atoms with E-state index in [4.69, 9.17) is 23.1 Å². The van der Waals surface area contributed by atoms with Crippen molar-refractivity contribution in [3.63, 3.8) is 0 Å². The van der Waals surface area contributed by atoms with E-state index in [-0.39, 0.29) is 5.95 Å². The molecule has 14 heavy (non-hydrogen) atoms. The first-order valence-corrected chi connectivity index (χ1v) is 4.50. The van der Waals surface area contributed by atoms with Crippen LogP contribution in [-0.2, 0) is 6.54 Å². The second-order valence-electron chi connectivity index (χ2n) is 2.89. The van der Waals surface area contributed by atoms with Gasteiger partial charge in [-0.15, -0.1) is 0 Å². The van der Waals surface area contributed by atoms with E-state index in [2.05, 4.69) is 9.97 Å². The fourth-order valence-electron chi connectivity index (χ4n) is 1.34. The van der Waals surface area contributed by atoms with Crippen LogP contribution < -0.4 is 11.5 Å². The topological polar surface area (TPSA) is 77.8 Å². The summed E-state index contributed by atoms with van der Waals surface area (Å²) in [6.45, 7) is 0.323. The smallest absolute Gasteiger partial charge is 0.220 e. The Kier molecular flexibility index (Phi) is 2.23. The van der Waals surface area contributed by atoms with E-state index in [1.54, 1.807) is 18.2 Å². The summed E-state index contributed by atoms with van der Waals surface area (Å²) in [6, 6.07) is 5.35. The number of hydrogen-bond donors (Lipinski definition) is 2. The molecule has 0 amide bonds. The van der Waals surface area contributed by atoms with Gasteiger partial charge in [0.2, 0.25) is 5.95 Å². The van der Waals surface area contributed by atoms with E-state index in [0.29, 0.717) is 11.6 Å². The molecule has 2 rings (SSSR count). The number of rotatable bonds is 1. The van der Waals surface area contributed by atoms with Crippen LogP contribution in [0, 0.1) is 0 Å². The highest BCUT2D eigenvalue weighted by Gasteiger charge is 2.04. The second-order valence-corrected chi connectivity index (χ2v) is 3.33. The van der Waals surface area contributed by atoms with Gasteiger partial charge >= 0.3 is 0 Å². The molecule has 4 nitrogen and oxygen atoms in total. The summed E-state index contributed by atoms with van der Waals surface area (Å²) in [4.78, 5) is 8.12. The third-order valence-electron chi connectivity index (χ3n) is 1.95. The highest BCUT2D eigenvalue weighted by atomic mass is 35.5. The van der Waals surface area contributed by atoms with Gasteiger partial charge in [-0.05, 0) is 18.2 Å². The van der Waals surface area contributed by atoms with Crippen LogP contribution in [0.5, 0.6) is 0 Å². The molecule has 0 aliphatic rings. The number of nitrogen functional groups attached to an aromatic ring is 1. The van der Waals surface area contributed by atoms with E-state index >= 15 is 0 Å². The van der Waals surface area contributed by atoms with Crippen LogP contribution in [0.4, 0.5) is 5.95 Å². The zero-order valence-corrected chi connectivity index (χ0v) is 8.12. The molecule has 0 spiro atoms. The summed E-state index contributed by atoms with van der Waals surface area (Å²) >= 11 is 5.86. The molecule has 0 unspecified atom stereocenters. The Hall–Kier alpha value is -1.39. The third kappa shape index (κ3) is 1.49. The zero-order chi connectivity index (χ0) is 10.1. The van der Waals surface area contributed by atoms with Gasteiger partial charge in [0, 0.05) is 17.0 Å². The fourth-order valence-corrected chi connectivity index (χ4v) is 1.51. The molecule has 0 saturated heterocycles. The van der Waals surface area contributed by atoms with Crippen molar-refractivity contribution in [1.82, 2.24) is 9.97 Å². The zero-order valence-electron chi connectivity index (χ0n) is 7.37. The van der Waals surface area contributed by atoms with Crippen molar-refractivity contribution in [2.45, 2.75) is 6.54 Å². The molecule has 72 valence electrons. The predicted octanol–water partition coefficient (Wildman–Crippen LogP) is 1.32. The Morgan fingerprint density at radius 2 is 2.07 bits per heavy atom. The SMILES string of the molecule is NCc1nc(N)nc2ccc(Cl)cc12. The Morgan fingerprint density at radius 3 is 2.79 bits per heavy atom. The van der Waals surface area contributed by atoms with Gasteiger partial charge in [0.05, 0.1) is 11.2 Å². The Bertz CT molecular complexity index is 483. The summed E-state index contributed by atoms with van der Waals surface area (Å²) in [6.07, 6.45) is 0. The quantitative estimate of drug-likeness (QED) is 0.741. The maximum atomic E-state index is 5.86. The summed E-state index contributed by atoms with van der Waals surface area (Å²) in [5.41, 5.74) is 12.6. The number of fused-ring (bicyclic) bond motifs is 1. The molecular formula is C9H9ClN4. The highest BCUT2D eigenvalue weighted by Crippen LogP contribution is 2.20. The van der Waals surface area contributed by atoms with Crippen LogP contribution in [0.2, 0.25) is 5.02 Å². The maximum Gasteiger partial charge on any atom is 0.220 e. The number of halogens is 1. The van der Waals surface area contributed by atoms with Crippen molar-refractivity contribution in [1.29, 1.82) is 0 Å². The van der Waals surface area contributed by atoms with E-state index in [1.165, 1.54) is 0 Å². The molecule has 1 aromatic heterocycles. The van der Waals surface area contributed by atoms with Crippen molar-refractivity contribution >= 4 is 28.5 Å². The van der Waals surface area contributed by atoms with E-state index in [0.717, 1.165) is 16.6 Å². The van der Waals surface area contributed by atoms with Crippen LogP contribution in [0.25, 0.3) is 10.9 Å². The number of anilines is 1. The minimum atomic E-state index is 0.236. The lowest BCUT2D eigenvalue weighted by Gasteiger charge is -2.04. The molecule has 1 heterocycles. The summed E-state index contributed by atoms with van der Waals surface area (Å²) in [5, 5.41) is 1.50. The Morgan fingerprint density at radius 1 is 1.29 bits per heavy atom. The molecule has 0 aliphatic heterocycles. The van der Waals surface area contributed by atoms with Crippen LogP contribution in [0.3, 0.4) is 0 Å². The Balaban J connectivity index is 2.81. The van der Waals surface area contributed by atoms with Crippen LogP contribution in [0.15, 0.2) is 18.2 Å². The number of nitrogens with two attached hydrogens (primary N) is 2. The van der Waals surface area contributed by atoms with Crippen LogP contribution in [0.1, 0.15) is 5.69 Å². The highest BCUT2D eigenvalue weighted by molar-refractivity contribution is 6.31. The van der Waals surface area contributed by atoms with Crippen molar-refractivity contribution in [2.24, 2.45) is 5.73 Å². The third-order valence-corrected chi connectivity index (χ3v) is 2.18. The van der Waals surface area contributed by atoms with Crippen molar-refractivity contribution < 1.29 is 0 Å². The fraction of sp³-hybridized carbons (Fsp3) is 0.111. The van der Waals surface area contributed by atoms with Gasteiger partial charge in [-0.3, -0.25) is 0 Å². The van der Waals surface area contributed by atoms with Crippen LogP contribution in [-0.4, -0.2) is 9.97 Å². The number of hydrogen-bond acceptors (Lipinski definition) is 4. The molecule has 0 bridgehead atoms. The van der Waals surface area contributed by atoms with E-state index in [9.17, 15) is 0 Å². The van der Waals surface area contributed by atoms with Crippen molar-refractivity contribution in [3.8, 4) is 0 Å². The van der Waals surface area contributed by atoms with Gasteiger partial charge in [0.1, 0.15) is 0 Å². The largest absolute Gasteiger partial charge is 0.368 e. The number of aromatic nitrogens is 2. The lowest BCUT2D eigenvalue weighted by atomic mass is 10.2. The molecular weight excluding hydrogens is 200 g/mol. The summed E-state index contributed by atoms with van der Waals surface area (Å²) < 4.78 is 0. The lowest BCUT2D eigenvalue weighted by molar-refractivity contribution is 0.998. The minimum Gasteiger partial charge on any atom is -0.368 e. The van der Waals surface area contributed by atoms with E-state index in [1.807, 2.05) is 0 Å². The van der Waals surface area contributed by atoms with Gasteiger partial charge in [0.25, 0.3) is 0 Å². The first-order chi connectivity index (χ1) is 6.70. The van der Waals surface area contributed by atoms with Gasteiger partial charge in [-0.2, -0.15) is 0 Å². The van der Waals surface area contributed by atoms with Crippen molar-refractivity contribution in [3.05, 3.63) is 28.9 Å². The first-order valence-electron chi connectivity index (χ1n) is 4.12. The molecule has 0 radical (unpaired) electrons. The average Bonchev–Trinajstić information content (AvgIpc) is 2.17. The van der Waals surface area contributed by atoms with E-state index < -0.39 is 0 Å². The maximum absolute atomic E-state index is 5.86. The molecule has 0 atom stereocenters. The molecule has 5 heteroatoms. The molecule has 4 N–H and O–H groups in total. The van der Waals surface area contributed by atoms with Gasteiger partial charge in [0.15, 0.2) is 0 Å². The molecule has 2 aromatic rings.